The molecule has 0 saturated carbocycles. The van der Waals surface area contributed by atoms with E-state index in [2.05, 4.69) is 37.5 Å². The molecular formula is C14H16BrN3OS3. The molecule has 2 rings (SSSR count). The van der Waals surface area contributed by atoms with Crippen molar-refractivity contribution < 1.29 is 4.79 Å². The van der Waals surface area contributed by atoms with Gasteiger partial charge < -0.3 is 5.32 Å². The summed E-state index contributed by atoms with van der Waals surface area (Å²) >= 11 is 8.17. The summed E-state index contributed by atoms with van der Waals surface area (Å²) < 4.78 is 2.86. The summed E-state index contributed by atoms with van der Waals surface area (Å²) in [5.74, 6) is 1.28. The molecule has 1 heterocycles. The van der Waals surface area contributed by atoms with E-state index >= 15 is 0 Å². The maximum atomic E-state index is 11.5. The van der Waals surface area contributed by atoms with Gasteiger partial charge in [-0.3, -0.25) is 4.79 Å². The van der Waals surface area contributed by atoms with Gasteiger partial charge in [0.05, 0.1) is 5.75 Å². The molecule has 0 fully saturated rings. The van der Waals surface area contributed by atoms with Crippen LogP contribution >= 0.6 is 50.8 Å². The van der Waals surface area contributed by atoms with Crippen molar-refractivity contribution in [1.29, 1.82) is 0 Å². The fraction of sp³-hybridized carbons (Fsp3) is 0.357. The maximum Gasteiger partial charge on any atom is 0.230 e. The van der Waals surface area contributed by atoms with Gasteiger partial charge in [-0.2, -0.15) is 0 Å². The highest BCUT2D eigenvalue weighted by atomic mass is 79.9. The van der Waals surface area contributed by atoms with Crippen LogP contribution in [0.5, 0.6) is 0 Å². The number of thioether (sulfide) groups is 2. The molecule has 0 radical (unpaired) electrons. The summed E-state index contributed by atoms with van der Waals surface area (Å²) in [6, 6.07) is 8.15. The van der Waals surface area contributed by atoms with Crippen LogP contribution in [0.25, 0.3) is 0 Å². The van der Waals surface area contributed by atoms with E-state index in [0.29, 0.717) is 5.75 Å². The molecule has 0 saturated heterocycles. The van der Waals surface area contributed by atoms with Crippen LogP contribution in [0, 0.1) is 0 Å². The molecule has 0 bridgehead atoms. The Kier molecular flexibility index (Phi) is 7.71. The van der Waals surface area contributed by atoms with Crippen molar-refractivity contribution in [1.82, 2.24) is 15.5 Å². The van der Waals surface area contributed by atoms with Gasteiger partial charge in [-0.25, -0.2) is 0 Å². The molecule has 1 amide bonds. The lowest BCUT2D eigenvalue weighted by Gasteiger charge is -2.01. The van der Waals surface area contributed by atoms with Crippen molar-refractivity contribution in [2.45, 2.75) is 27.8 Å². The molecule has 0 spiro atoms. The van der Waals surface area contributed by atoms with E-state index in [-0.39, 0.29) is 5.91 Å². The summed E-state index contributed by atoms with van der Waals surface area (Å²) in [6.45, 7) is 2.76. The minimum Gasteiger partial charge on any atom is -0.355 e. The number of carbonyl (C=O) groups excluding carboxylic acids is 1. The number of benzene rings is 1. The van der Waals surface area contributed by atoms with Gasteiger partial charge in [-0.15, -0.1) is 10.2 Å². The number of aromatic nitrogens is 2. The van der Waals surface area contributed by atoms with Crippen molar-refractivity contribution in [2.75, 3.05) is 12.3 Å². The number of nitrogens with zero attached hydrogens (tertiary/aromatic N) is 2. The fourth-order valence-corrected chi connectivity index (χ4v) is 4.98. The second-order valence-corrected chi connectivity index (χ2v) is 8.63. The van der Waals surface area contributed by atoms with Gasteiger partial charge in [0, 0.05) is 16.8 Å². The van der Waals surface area contributed by atoms with Gasteiger partial charge in [-0.1, -0.05) is 75.9 Å². The van der Waals surface area contributed by atoms with Gasteiger partial charge in [0.1, 0.15) is 0 Å². The van der Waals surface area contributed by atoms with E-state index in [1.807, 2.05) is 25.1 Å². The molecule has 0 aliphatic carbocycles. The third-order valence-corrected chi connectivity index (χ3v) is 6.61. The van der Waals surface area contributed by atoms with Crippen LogP contribution < -0.4 is 5.32 Å². The van der Waals surface area contributed by atoms with Crippen LogP contribution in [0.2, 0.25) is 0 Å². The summed E-state index contributed by atoms with van der Waals surface area (Å²) in [5.41, 5.74) is 1.23. The van der Waals surface area contributed by atoms with Crippen molar-refractivity contribution in [3.05, 3.63) is 34.3 Å². The maximum absolute atomic E-state index is 11.5. The highest BCUT2D eigenvalue weighted by Crippen LogP contribution is 2.32. The number of halogens is 1. The molecule has 2 aromatic rings. The zero-order valence-electron chi connectivity index (χ0n) is 12.0. The minimum absolute atomic E-state index is 0.0458. The van der Waals surface area contributed by atoms with Crippen LogP contribution in [0.4, 0.5) is 0 Å². The number of hydrogen-bond donors (Lipinski definition) is 1. The van der Waals surface area contributed by atoms with E-state index in [4.69, 9.17) is 0 Å². The van der Waals surface area contributed by atoms with Crippen molar-refractivity contribution in [3.63, 3.8) is 0 Å². The molecule has 1 aromatic carbocycles. The monoisotopic (exact) mass is 417 g/mol. The van der Waals surface area contributed by atoms with Crippen LogP contribution in [0.1, 0.15) is 18.9 Å². The Morgan fingerprint density at radius 1 is 1.27 bits per heavy atom. The first-order chi connectivity index (χ1) is 10.7. The Morgan fingerprint density at radius 2 is 2.00 bits per heavy atom. The Morgan fingerprint density at radius 3 is 2.73 bits per heavy atom. The lowest BCUT2D eigenvalue weighted by atomic mass is 10.2. The van der Waals surface area contributed by atoms with Gasteiger partial charge in [-0.05, 0) is 18.1 Å². The average molecular weight is 418 g/mol. The molecule has 22 heavy (non-hydrogen) atoms. The molecule has 4 nitrogen and oxygen atoms in total. The first-order valence-corrected chi connectivity index (χ1v) is 10.4. The van der Waals surface area contributed by atoms with Gasteiger partial charge in [0.25, 0.3) is 0 Å². The largest absolute Gasteiger partial charge is 0.355 e. The van der Waals surface area contributed by atoms with Crippen molar-refractivity contribution >= 4 is 56.7 Å². The molecule has 1 aromatic heterocycles. The molecule has 0 aliphatic heterocycles. The molecule has 8 heteroatoms. The van der Waals surface area contributed by atoms with Gasteiger partial charge in [0.15, 0.2) is 8.68 Å². The Balaban J connectivity index is 1.79. The van der Waals surface area contributed by atoms with Crippen LogP contribution in [0.15, 0.2) is 37.4 Å². The highest BCUT2D eigenvalue weighted by Gasteiger charge is 2.09. The fourth-order valence-electron chi connectivity index (χ4n) is 1.51. The zero-order chi connectivity index (χ0) is 15.8. The second kappa shape index (κ2) is 9.54. The smallest absolute Gasteiger partial charge is 0.230 e. The molecule has 118 valence electrons. The minimum atomic E-state index is 0.0458. The summed E-state index contributed by atoms with van der Waals surface area (Å²) in [7, 11) is 0. The first-order valence-electron chi connectivity index (χ1n) is 6.78. The Hall–Kier alpha value is -0.570. The van der Waals surface area contributed by atoms with E-state index in [0.717, 1.165) is 31.9 Å². The lowest BCUT2D eigenvalue weighted by Crippen LogP contribution is -2.25. The van der Waals surface area contributed by atoms with Crippen molar-refractivity contribution in [3.8, 4) is 0 Å². The standard InChI is InChI=1S/C14H16BrN3OS3/c1-2-7-16-12(19)9-21-14-18-17-13(22-14)20-8-10-5-3-4-6-11(10)15/h3-6H,2,7-9H2,1H3,(H,16,19). The van der Waals surface area contributed by atoms with E-state index in [9.17, 15) is 4.79 Å². The van der Waals surface area contributed by atoms with Crippen LogP contribution in [-0.2, 0) is 10.5 Å². The third kappa shape index (κ3) is 5.91. The van der Waals surface area contributed by atoms with Crippen LogP contribution in [0.3, 0.4) is 0 Å². The predicted octanol–water partition coefficient (Wildman–Crippen LogP) is 4.21. The summed E-state index contributed by atoms with van der Waals surface area (Å²) in [4.78, 5) is 11.5. The average Bonchev–Trinajstić information content (AvgIpc) is 2.98. The summed E-state index contributed by atoms with van der Waals surface area (Å²) in [6.07, 6.45) is 0.949. The predicted molar refractivity (Wildman–Crippen MR) is 97.6 cm³/mol. The number of amides is 1. The zero-order valence-corrected chi connectivity index (χ0v) is 16.1. The van der Waals surface area contributed by atoms with E-state index < -0.39 is 0 Å². The number of hydrogen-bond acceptors (Lipinski definition) is 6. The van der Waals surface area contributed by atoms with E-state index in [1.165, 1.54) is 28.7 Å². The third-order valence-electron chi connectivity index (χ3n) is 2.60. The molecule has 1 N–H and O–H groups in total. The van der Waals surface area contributed by atoms with Crippen LogP contribution in [-0.4, -0.2) is 28.4 Å². The topological polar surface area (TPSA) is 54.9 Å². The van der Waals surface area contributed by atoms with E-state index in [1.54, 1.807) is 11.8 Å². The lowest BCUT2D eigenvalue weighted by molar-refractivity contribution is -0.118. The number of rotatable bonds is 8. The molecular weight excluding hydrogens is 402 g/mol. The van der Waals surface area contributed by atoms with Gasteiger partial charge >= 0.3 is 0 Å². The van der Waals surface area contributed by atoms with Crippen molar-refractivity contribution in [2.24, 2.45) is 0 Å². The quantitative estimate of drug-likeness (QED) is 0.651. The van der Waals surface area contributed by atoms with Gasteiger partial charge in [0.2, 0.25) is 5.91 Å². The molecule has 0 atom stereocenters. The summed E-state index contributed by atoms with van der Waals surface area (Å²) in [5, 5.41) is 11.1. The Labute approximate surface area is 151 Å². The molecule has 0 aliphatic rings. The Bertz CT molecular complexity index is 621. The number of nitrogens with one attached hydrogen (secondary N) is 1. The number of carbonyl (C=O) groups is 1. The normalized spacial score (nSPS) is 10.6. The SMILES string of the molecule is CCCNC(=O)CSc1nnc(SCc2ccccc2Br)s1. The highest BCUT2D eigenvalue weighted by molar-refractivity contribution is 9.10. The molecule has 0 unspecified atom stereocenters. The second-order valence-electron chi connectivity index (χ2n) is 4.35. The first kappa shape index (κ1) is 17.8.